The van der Waals surface area contributed by atoms with Crippen LogP contribution in [0.3, 0.4) is 0 Å². The SMILES string of the molecule is [Ag].[Au].[Ce].[Fe].[Zn]. The Morgan fingerprint density at radius 3 is 1.00 bits per heavy atom. The zero-order chi connectivity index (χ0) is 0. The van der Waals surface area contributed by atoms with Gasteiger partial charge in [0, 0.05) is 123 Å². The zero-order valence-corrected chi connectivity index (χ0v) is 13.0. The molecule has 0 heterocycles. The van der Waals surface area contributed by atoms with Gasteiger partial charge in [-0.1, -0.05) is 0 Å². The van der Waals surface area contributed by atoms with Gasteiger partial charge >= 0.3 is 0 Å². The second-order valence-electron chi connectivity index (χ2n) is 0. The molecule has 0 aliphatic heterocycles. The summed E-state index contributed by atoms with van der Waals surface area (Å²) >= 11 is 0. The first kappa shape index (κ1) is 36.0. The van der Waals surface area contributed by atoms with Crippen molar-refractivity contribution in [2.24, 2.45) is 0 Å². The van der Waals surface area contributed by atoms with Gasteiger partial charge in [0.1, 0.15) is 0 Å². The van der Waals surface area contributed by atoms with E-state index in [9.17, 15) is 0 Å². The van der Waals surface area contributed by atoms with Crippen LogP contribution >= 0.6 is 0 Å². The molecule has 5 heavy (non-hydrogen) atoms. The summed E-state index contributed by atoms with van der Waals surface area (Å²) in [7, 11) is 0. The van der Waals surface area contributed by atoms with Gasteiger partial charge in [0.25, 0.3) is 0 Å². The smallest absolute Gasteiger partial charge is 0 e. The third-order valence-corrected chi connectivity index (χ3v) is 0. The van der Waals surface area contributed by atoms with E-state index in [0.29, 0.717) is 0 Å². The van der Waals surface area contributed by atoms with E-state index >= 15 is 0 Å². The normalized spacial score (nSPS) is 0. The number of rotatable bonds is 0. The van der Waals surface area contributed by atoms with Gasteiger partial charge in [-0.15, -0.1) is 0 Å². The predicted octanol–water partition coefficient (Wildman–Crippen LogP) is -0.0100. The molecule has 0 aliphatic rings. The summed E-state index contributed by atoms with van der Waals surface area (Å²) in [5.41, 5.74) is 0. The Bertz CT molecular complexity index is 11.6. The van der Waals surface area contributed by atoms with Crippen LogP contribution < -0.4 is 0 Å². The summed E-state index contributed by atoms with van der Waals surface area (Å²) < 4.78 is 0. The van der Waals surface area contributed by atoms with Crippen LogP contribution in [-0.4, -0.2) is 0 Å². The second-order valence-corrected chi connectivity index (χ2v) is 0. The van der Waals surface area contributed by atoms with Gasteiger partial charge in [-0.05, 0) is 0 Å². The first-order chi connectivity index (χ1) is 0. The number of hydrogen-bond donors (Lipinski definition) is 0. The molecule has 0 atom stereocenters. The Hall–Kier alpha value is 4.00. The minimum atomic E-state index is 0. The third kappa shape index (κ3) is 18.0. The molecule has 0 bridgehead atoms. The van der Waals surface area contributed by atoms with Gasteiger partial charge in [-0.3, -0.25) is 0 Å². The maximum absolute atomic E-state index is 0. The molecule has 0 fully saturated rings. The summed E-state index contributed by atoms with van der Waals surface area (Å²) in [6, 6.07) is 0. The fourth-order valence-corrected chi connectivity index (χ4v) is 0. The molecule has 0 nitrogen and oxygen atoms in total. The van der Waals surface area contributed by atoms with Crippen molar-refractivity contribution in [3.8, 4) is 0 Å². The van der Waals surface area contributed by atoms with E-state index < -0.39 is 0 Å². The molecule has 0 aromatic carbocycles. The maximum Gasteiger partial charge on any atom is 0 e. The van der Waals surface area contributed by atoms with Crippen molar-refractivity contribution >= 4 is 0 Å². The molecule has 0 aromatic heterocycles. The van der Waals surface area contributed by atoms with Crippen molar-refractivity contribution in [2.45, 2.75) is 0 Å². The summed E-state index contributed by atoms with van der Waals surface area (Å²) in [4.78, 5) is 0. The first-order valence-corrected chi connectivity index (χ1v) is 0. The second kappa shape index (κ2) is 24.5. The van der Waals surface area contributed by atoms with Gasteiger partial charge in [0.15, 0.2) is 0 Å². The van der Waals surface area contributed by atoms with Crippen molar-refractivity contribution in [3.05, 3.63) is 0 Å². The van der Waals surface area contributed by atoms with Crippen molar-refractivity contribution in [2.75, 3.05) is 0 Å². The minimum Gasteiger partial charge on any atom is 0 e. The average Bonchev–Trinajstić information content (AvgIpc) is 0. The van der Waals surface area contributed by atoms with Crippen LogP contribution in [0.4, 0.5) is 0 Å². The van der Waals surface area contributed by atoms with Crippen molar-refractivity contribution in [1.82, 2.24) is 0 Å². The van der Waals surface area contributed by atoms with E-state index in [1.807, 2.05) is 0 Å². The Morgan fingerprint density at radius 2 is 1.00 bits per heavy atom. The number of hydrogen-bond acceptors (Lipinski definition) is 0. The van der Waals surface area contributed by atoms with Crippen LogP contribution in [0, 0.1) is 41.7 Å². The Morgan fingerprint density at radius 1 is 1.00 bits per heavy atom. The molecular formula is AgAuCeFeZn. The van der Waals surface area contributed by atoms with E-state index in [-0.39, 0.29) is 123 Å². The van der Waals surface area contributed by atoms with E-state index in [2.05, 4.69) is 0 Å². The van der Waals surface area contributed by atoms with Gasteiger partial charge in [0.2, 0.25) is 0 Å². The Labute approximate surface area is 120 Å². The van der Waals surface area contributed by atoms with Crippen LogP contribution in [0.1, 0.15) is 0 Å². The van der Waals surface area contributed by atoms with Crippen molar-refractivity contribution in [1.29, 1.82) is 0 Å². The molecule has 5 heteroatoms. The van der Waals surface area contributed by atoms with Crippen LogP contribution in [0.5, 0.6) is 0 Å². The van der Waals surface area contributed by atoms with Gasteiger partial charge < -0.3 is 0 Å². The maximum atomic E-state index is 0. The summed E-state index contributed by atoms with van der Waals surface area (Å²) in [5, 5.41) is 0. The quantitative estimate of drug-likeness (QED) is 0.363. The molecule has 0 rings (SSSR count). The molecular weight excluding hydrogens is 566 g/mol. The topological polar surface area (TPSA) is 0 Å². The van der Waals surface area contributed by atoms with E-state index in [1.54, 1.807) is 0 Å². The van der Waals surface area contributed by atoms with Crippen LogP contribution in [0.2, 0.25) is 0 Å². The largest absolute Gasteiger partial charge is 0 e. The van der Waals surface area contributed by atoms with Crippen molar-refractivity contribution in [3.63, 3.8) is 0 Å². The molecule has 0 aliphatic carbocycles. The van der Waals surface area contributed by atoms with Gasteiger partial charge in [-0.25, -0.2) is 0 Å². The molecule has 0 aromatic rings. The van der Waals surface area contributed by atoms with Crippen LogP contribution in [0.25, 0.3) is 0 Å². The minimum absolute atomic E-state index is 0. The summed E-state index contributed by atoms with van der Waals surface area (Å²) in [5.74, 6) is 0. The molecule has 0 amide bonds. The fraction of sp³-hybridized carbons (Fsp3) is 0. The standard InChI is InChI=1S/Ag.Au.Ce.Fe.Zn. The molecule has 0 N–H and O–H groups in total. The van der Waals surface area contributed by atoms with Crippen molar-refractivity contribution < 1.29 is 123 Å². The molecule has 0 saturated carbocycles. The average molecular weight is 566 g/mol. The third-order valence-electron chi connectivity index (χ3n) is 0. The van der Waals surface area contributed by atoms with Crippen LogP contribution in [-0.2, 0) is 81.3 Å². The van der Waals surface area contributed by atoms with Crippen LogP contribution in [0.15, 0.2) is 0 Å². The zero-order valence-electron chi connectivity index (χ0n) is 2.16. The first-order valence-electron chi connectivity index (χ1n) is 0. The molecule has 0 spiro atoms. The Balaban J connectivity index is 0. The Kier molecular flexibility index (Phi) is 176. The monoisotopic (exact) mass is 564 g/mol. The molecule has 0 saturated heterocycles. The van der Waals surface area contributed by atoms with E-state index in [1.165, 1.54) is 0 Å². The fourth-order valence-electron chi connectivity index (χ4n) is 0. The summed E-state index contributed by atoms with van der Waals surface area (Å²) in [6.45, 7) is 0. The summed E-state index contributed by atoms with van der Waals surface area (Å²) in [6.07, 6.45) is 0. The van der Waals surface area contributed by atoms with E-state index in [4.69, 9.17) is 0 Å². The predicted molar refractivity (Wildman–Crippen MR) is 0 cm³/mol. The van der Waals surface area contributed by atoms with E-state index in [0.717, 1.165) is 0 Å². The molecule has 2 radical (unpaired) electrons. The molecule has 0 unspecified atom stereocenters. The molecule has 36 valence electrons. The van der Waals surface area contributed by atoms with Gasteiger partial charge in [-0.2, -0.15) is 0 Å². The van der Waals surface area contributed by atoms with Gasteiger partial charge in [0.05, 0.1) is 0 Å².